The summed E-state index contributed by atoms with van der Waals surface area (Å²) in [6, 6.07) is 0.377. The van der Waals surface area contributed by atoms with Crippen molar-refractivity contribution in [2.75, 3.05) is 13.1 Å². The average Bonchev–Trinajstić information content (AvgIpc) is 3.23. The summed E-state index contributed by atoms with van der Waals surface area (Å²) in [5.74, 6) is 2.54. The lowest BCUT2D eigenvalue weighted by atomic mass is 9.96. The van der Waals surface area contributed by atoms with Crippen molar-refractivity contribution in [3.63, 3.8) is 0 Å². The van der Waals surface area contributed by atoms with Crippen LogP contribution in [-0.4, -0.2) is 47.4 Å². The Balaban J connectivity index is 0.00000208. The number of rotatable bonds is 6. The first kappa shape index (κ1) is 19.4. The zero-order valence-electron chi connectivity index (χ0n) is 14.6. The normalized spacial score (nSPS) is 25.8. The van der Waals surface area contributed by atoms with Gasteiger partial charge in [0.2, 0.25) is 5.89 Å². The average molecular weight is 449 g/mol. The molecular formula is C16H28IN5O2. The van der Waals surface area contributed by atoms with Gasteiger partial charge in [0, 0.05) is 18.9 Å². The van der Waals surface area contributed by atoms with Gasteiger partial charge in [0.1, 0.15) is 0 Å². The molecule has 3 unspecified atom stereocenters. The number of hydrogen-bond acceptors (Lipinski definition) is 5. The number of aliphatic imine (C=N–C) groups is 1. The van der Waals surface area contributed by atoms with Gasteiger partial charge in [-0.3, -0.25) is 4.99 Å². The lowest BCUT2D eigenvalue weighted by Crippen LogP contribution is -2.47. The molecule has 3 atom stereocenters. The van der Waals surface area contributed by atoms with Crippen LogP contribution in [0.2, 0.25) is 0 Å². The van der Waals surface area contributed by atoms with E-state index in [1.807, 2.05) is 0 Å². The quantitative estimate of drug-likeness (QED) is 0.394. The predicted octanol–water partition coefficient (Wildman–Crippen LogP) is 2.23. The van der Waals surface area contributed by atoms with Gasteiger partial charge in [-0.25, -0.2) is 0 Å². The molecule has 7 nitrogen and oxygen atoms in total. The Morgan fingerprint density at radius 3 is 2.79 bits per heavy atom. The second-order valence-electron chi connectivity index (χ2n) is 6.57. The van der Waals surface area contributed by atoms with E-state index in [0.717, 1.165) is 31.2 Å². The second-order valence-corrected chi connectivity index (χ2v) is 6.57. The zero-order chi connectivity index (χ0) is 16.2. The molecule has 0 aromatic carbocycles. The van der Waals surface area contributed by atoms with Gasteiger partial charge in [-0.1, -0.05) is 19.0 Å². The minimum atomic E-state index is 0. The molecular weight excluding hydrogens is 421 g/mol. The molecule has 2 saturated heterocycles. The molecule has 0 radical (unpaired) electrons. The SMILES string of the molecule is CCNC(=NCCc1nc(C(C)C)no1)NC1CC2CCC1O2.I. The number of ether oxygens (including phenoxy) is 1. The Bertz CT molecular complexity index is 548. The second kappa shape index (κ2) is 8.98. The Hall–Kier alpha value is -0.900. The summed E-state index contributed by atoms with van der Waals surface area (Å²) in [5.41, 5.74) is 0. The van der Waals surface area contributed by atoms with Crippen LogP contribution in [0.15, 0.2) is 9.52 Å². The third-order valence-electron chi connectivity index (χ3n) is 4.37. The fraction of sp³-hybridized carbons (Fsp3) is 0.812. The number of guanidine groups is 1. The van der Waals surface area contributed by atoms with Gasteiger partial charge in [0.25, 0.3) is 0 Å². The number of nitrogens with zero attached hydrogens (tertiary/aromatic N) is 3. The maximum atomic E-state index is 5.88. The van der Waals surface area contributed by atoms with Crippen LogP contribution in [-0.2, 0) is 11.2 Å². The van der Waals surface area contributed by atoms with E-state index < -0.39 is 0 Å². The third-order valence-corrected chi connectivity index (χ3v) is 4.37. The van der Waals surface area contributed by atoms with E-state index in [2.05, 4.69) is 46.5 Å². The number of halogens is 1. The molecule has 2 bridgehead atoms. The molecule has 3 rings (SSSR count). The predicted molar refractivity (Wildman–Crippen MR) is 103 cm³/mol. The largest absolute Gasteiger partial charge is 0.373 e. The van der Waals surface area contributed by atoms with E-state index in [1.54, 1.807) is 0 Å². The van der Waals surface area contributed by atoms with Gasteiger partial charge in [0.15, 0.2) is 11.8 Å². The summed E-state index contributed by atoms with van der Waals surface area (Å²) >= 11 is 0. The summed E-state index contributed by atoms with van der Waals surface area (Å²) in [7, 11) is 0. The molecule has 0 aliphatic carbocycles. The van der Waals surface area contributed by atoms with Crippen LogP contribution in [0.3, 0.4) is 0 Å². The van der Waals surface area contributed by atoms with Crippen LogP contribution in [0.1, 0.15) is 57.7 Å². The van der Waals surface area contributed by atoms with Gasteiger partial charge >= 0.3 is 0 Å². The maximum Gasteiger partial charge on any atom is 0.228 e. The first-order chi connectivity index (χ1) is 11.2. The fourth-order valence-electron chi connectivity index (χ4n) is 3.15. The summed E-state index contributed by atoms with van der Waals surface area (Å²) in [6.45, 7) is 7.64. The summed E-state index contributed by atoms with van der Waals surface area (Å²) in [6.07, 6.45) is 4.87. The van der Waals surface area contributed by atoms with Crippen molar-refractivity contribution in [2.45, 2.75) is 70.6 Å². The molecule has 8 heteroatoms. The molecule has 3 heterocycles. The summed E-state index contributed by atoms with van der Waals surface area (Å²) in [5, 5.41) is 10.8. The Labute approximate surface area is 160 Å². The molecule has 24 heavy (non-hydrogen) atoms. The van der Waals surface area contributed by atoms with Crippen molar-refractivity contribution in [1.29, 1.82) is 0 Å². The zero-order valence-corrected chi connectivity index (χ0v) is 16.9. The molecule has 2 N–H and O–H groups in total. The summed E-state index contributed by atoms with van der Waals surface area (Å²) < 4.78 is 11.1. The molecule has 2 aliphatic heterocycles. The third kappa shape index (κ3) is 4.81. The standard InChI is InChI=1S/C16H27N5O2.HI/c1-4-17-16(19-12-9-11-5-6-13(12)22-11)18-8-7-14-20-15(10(2)3)21-23-14;/h10-13H,4-9H2,1-3H3,(H2,17,18,19);1H. The molecule has 2 fully saturated rings. The lowest BCUT2D eigenvalue weighted by Gasteiger charge is -2.22. The highest BCUT2D eigenvalue weighted by Crippen LogP contribution is 2.34. The van der Waals surface area contributed by atoms with E-state index in [-0.39, 0.29) is 29.9 Å². The Morgan fingerprint density at radius 1 is 1.38 bits per heavy atom. The van der Waals surface area contributed by atoms with Crippen LogP contribution in [0.5, 0.6) is 0 Å². The molecule has 0 spiro atoms. The van der Waals surface area contributed by atoms with Gasteiger partial charge in [-0.05, 0) is 26.2 Å². The highest BCUT2D eigenvalue weighted by molar-refractivity contribution is 14.0. The first-order valence-electron chi connectivity index (χ1n) is 8.68. The van der Waals surface area contributed by atoms with Gasteiger partial charge in [-0.15, -0.1) is 24.0 Å². The van der Waals surface area contributed by atoms with E-state index in [9.17, 15) is 0 Å². The molecule has 0 amide bonds. The summed E-state index contributed by atoms with van der Waals surface area (Å²) in [4.78, 5) is 9.00. The van der Waals surface area contributed by atoms with Gasteiger partial charge in [-0.2, -0.15) is 4.98 Å². The van der Waals surface area contributed by atoms with Gasteiger partial charge in [0.05, 0.1) is 24.8 Å². The Kier molecular flexibility index (Phi) is 7.27. The van der Waals surface area contributed by atoms with E-state index in [4.69, 9.17) is 9.26 Å². The monoisotopic (exact) mass is 449 g/mol. The highest BCUT2D eigenvalue weighted by Gasteiger charge is 2.41. The van der Waals surface area contributed by atoms with E-state index in [1.165, 1.54) is 6.42 Å². The van der Waals surface area contributed by atoms with E-state index >= 15 is 0 Å². The fourth-order valence-corrected chi connectivity index (χ4v) is 3.15. The van der Waals surface area contributed by atoms with Crippen molar-refractivity contribution in [1.82, 2.24) is 20.8 Å². The van der Waals surface area contributed by atoms with Crippen molar-refractivity contribution in [3.05, 3.63) is 11.7 Å². The van der Waals surface area contributed by atoms with Crippen molar-refractivity contribution in [2.24, 2.45) is 4.99 Å². The van der Waals surface area contributed by atoms with Crippen molar-refractivity contribution >= 4 is 29.9 Å². The number of fused-ring (bicyclic) bond motifs is 2. The van der Waals surface area contributed by atoms with Crippen LogP contribution in [0.4, 0.5) is 0 Å². The molecule has 0 saturated carbocycles. The molecule has 136 valence electrons. The highest BCUT2D eigenvalue weighted by atomic mass is 127. The smallest absolute Gasteiger partial charge is 0.228 e. The molecule has 1 aromatic heterocycles. The lowest BCUT2D eigenvalue weighted by molar-refractivity contribution is 0.0992. The van der Waals surface area contributed by atoms with Crippen LogP contribution in [0.25, 0.3) is 0 Å². The maximum absolute atomic E-state index is 5.88. The van der Waals surface area contributed by atoms with E-state index in [0.29, 0.717) is 37.1 Å². The first-order valence-corrected chi connectivity index (χ1v) is 8.68. The van der Waals surface area contributed by atoms with Crippen LogP contribution < -0.4 is 10.6 Å². The topological polar surface area (TPSA) is 84.6 Å². The van der Waals surface area contributed by atoms with Crippen LogP contribution >= 0.6 is 24.0 Å². The van der Waals surface area contributed by atoms with Crippen molar-refractivity contribution < 1.29 is 9.26 Å². The number of aromatic nitrogens is 2. The Morgan fingerprint density at radius 2 is 2.21 bits per heavy atom. The van der Waals surface area contributed by atoms with Crippen molar-refractivity contribution in [3.8, 4) is 0 Å². The number of nitrogens with one attached hydrogen (secondary N) is 2. The number of hydrogen-bond donors (Lipinski definition) is 2. The van der Waals surface area contributed by atoms with Crippen LogP contribution in [0, 0.1) is 0 Å². The molecule has 2 aliphatic rings. The van der Waals surface area contributed by atoms with Gasteiger partial charge < -0.3 is 19.9 Å². The molecule has 1 aromatic rings. The minimum absolute atomic E-state index is 0. The minimum Gasteiger partial charge on any atom is -0.373 e.